The Morgan fingerprint density at radius 3 is 1.24 bits per heavy atom. The van der Waals surface area contributed by atoms with Gasteiger partial charge in [-0.25, -0.2) is 27.6 Å². The van der Waals surface area contributed by atoms with Gasteiger partial charge in [0.15, 0.2) is 23.1 Å². The van der Waals surface area contributed by atoms with Gasteiger partial charge in [0.25, 0.3) is 0 Å². The molecule has 2 saturated heterocycles. The van der Waals surface area contributed by atoms with E-state index >= 15 is 0 Å². The van der Waals surface area contributed by atoms with Crippen LogP contribution in [0.4, 0.5) is 13.2 Å². The number of rotatable bonds is 13. The second kappa shape index (κ2) is 25.6. The monoisotopic (exact) mass is 1140 g/mol. The molecule has 0 saturated carbocycles. The number of ketones is 4. The van der Waals surface area contributed by atoms with Gasteiger partial charge in [-0.3, -0.25) is 19.2 Å². The lowest BCUT2D eigenvalue weighted by Gasteiger charge is -2.27. The molecule has 2 aliphatic heterocycles. The lowest BCUT2D eigenvalue weighted by atomic mass is 9.87. The molecule has 8 rings (SSSR count). The van der Waals surface area contributed by atoms with E-state index in [9.17, 15) is 62.1 Å². The summed E-state index contributed by atoms with van der Waals surface area (Å²) in [6.45, 7) is 1.84. The third kappa shape index (κ3) is 14.0. The van der Waals surface area contributed by atoms with E-state index in [1.165, 1.54) is 84.9 Å². The molecule has 0 aromatic heterocycles. The Morgan fingerprint density at radius 2 is 0.838 bits per heavy atom. The fraction of sp³-hybridized carbons (Fsp3) is 0.204. The van der Waals surface area contributed by atoms with Crippen molar-refractivity contribution < 1.29 is 76.6 Å². The molecule has 4 N–H and O–H groups in total. The Balaban J connectivity index is 0.000000183. The third-order valence-electron chi connectivity index (χ3n) is 11.9. The van der Waals surface area contributed by atoms with Crippen LogP contribution in [0.1, 0.15) is 127 Å². The molecule has 0 radical (unpaired) electrons. The molecular weight excluding hydrogens is 1100 g/mol. The van der Waals surface area contributed by atoms with E-state index in [4.69, 9.17) is 49.4 Å². The zero-order valence-electron chi connectivity index (χ0n) is 38.4. The van der Waals surface area contributed by atoms with Crippen LogP contribution in [0.5, 0.6) is 0 Å². The number of hydrogen-bond donors (Lipinski definition) is 4. The number of ether oxygens (including phenoxy) is 2. The van der Waals surface area contributed by atoms with Gasteiger partial charge in [-0.15, -0.1) is 0 Å². The number of carbonyl (C=O) groups is 7. The summed E-state index contributed by atoms with van der Waals surface area (Å²) in [4.78, 5) is 84.6. The highest BCUT2D eigenvalue weighted by molar-refractivity contribution is 9.10. The van der Waals surface area contributed by atoms with E-state index in [0.717, 1.165) is 24.3 Å². The van der Waals surface area contributed by atoms with E-state index < -0.39 is 92.2 Å². The number of aliphatic hydroxyl groups excluding tert-OH is 1. The Labute approximate surface area is 443 Å². The summed E-state index contributed by atoms with van der Waals surface area (Å²) in [7, 11) is 0. The molecule has 2 heterocycles. The summed E-state index contributed by atoms with van der Waals surface area (Å²) >= 11 is 20.3. The summed E-state index contributed by atoms with van der Waals surface area (Å²) < 4.78 is 54.1. The summed E-state index contributed by atoms with van der Waals surface area (Å²) in [6.07, 6.45) is 1.15. The van der Waals surface area contributed by atoms with Crippen molar-refractivity contribution in [3.8, 4) is 0 Å². The number of benzene rings is 6. The van der Waals surface area contributed by atoms with Gasteiger partial charge in [0.1, 0.15) is 17.5 Å². The van der Waals surface area contributed by atoms with Gasteiger partial charge in [0.2, 0.25) is 0 Å². The van der Waals surface area contributed by atoms with Crippen LogP contribution in [0.3, 0.4) is 0 Å². The fourth-order valence-corrected chi connectivity index (χ4v) is 8.86. The van der Waals surface area contributed by atoms with Crippen molar-refractivity contribution in [1.29, 1.82) is 0 Å². The quantitative estimate of drug-likeness (QED) is 0.0792. The Hall–Kier alpha value is -6.57. The van der Waals surface area contributed by atoms with E-state index in [1.54, 1.807) is 0 Å². The maximum atomic E-state index is 14.8. The van der Waals surface area contributed by atoms with Gasteiger partial charge >= 0.3 is 17.9 Å². The smallest absolute Gasteiger partial charge is 0.336 e. The van der Waals surface area contributed by atoms with Crippen molar-refractivity contribution >= 4 is 91.8 Å². The molecule has 0 amide bonds. The molecule has 20 heteroatoms. The highest BCUT2D eigenvalue weighted by Gasteiger charge is 2.31. The maximum Gasteiger partial charge on any atom is 0.336 e. The average Bonchev–Trinajstić information content (AvgIpc) is 3.38. The number of carboxylic acids is 3. The minimum atomic E-state index is -1.48. The van der Waals surface area contributed by atoms with Crippen LogP contribution >= 0.6 is 50.7 Å². The van der Waals surface area contributed by atoms with Gasteiger partial charge in [0, 0.05) is 74.1 Å². The molecule has 384 valence electrons. The minimum absolute atomic E-state index is 0.0514. The van der Waals surface area contributed by atoms with Crippen LogP contribution in [0.15, 0.2) is 114 Å². The van der Waals surface area contributed by atoms with E-state index in [1.807, 2.05) is 0 Å². The summed E-state index contributed by atoms with van der Waals surface area (Å²) in [5.41, 5.74) is -2.50. The predicted octanol–water partition coefficient (Wildman–Crippen LogP) is 12.1. The van der Waals surface area contributed by atoms with Crippen molar-refractivity contribution in [3.63, 3.8) is 0 Å². The standard InChI is InChI=1S/C20H18ClFO5.C20H16ClFO5.C14H7BrClFO3/c2*21-14-3-1-11(2-4-14)19(24)17-15(20(25)26)9-13(10-16(17)22)18(23)12-5-7-27-8-6-12;15-8-5-10(14(19)20)12(11(17)6-8)13(18)7-1-3-9(16)4-2-7/h1-4,9-10,12,18,23H,5-8H2,(H,25,26);1-4,9-10,12H,5-8H2,(H,25,26);1-6H,(H,19,20). The van der Waals surface area contributed by atoms with Crippen molar-refractivity contribution in [2.75, 3.05) is 26.4 Å². The lowest BCUT2D eigenvalue weighted by Crippen LogP contribution is -2.24. The Kier molecular flexibility index (Phi) is 19.6. The normalized spacial score (nSPS) is 14.1. The first-order valence-corrected chi connectivity index (χ1v) is 24.2. The van der Waals surface area contributed by atoms with Crippen molar-refractivity contribution in [1.82, 2.24) is 0 Å². The number of carbonyl (C=O) groups excluding carboxylic acids is 4. The summed E-state index contributed by atoms with van der Waals surface area (Å²) in [5.74, 6) is -10.3. The molecule has 6 aromatic carbocycles. The number of hydrogen-bond acceptors (Lipinski definition) is 10. The highest BCUT2D eigenvalue weighted by atomic mass is 79.9. The predicted molar refractivity (Wildman–Crippen MR) is 269 cm³/mol. The maximum absolute atomic E-state index is 14.8. The molecular formula is C54H41BrCl3F3O13. The van der Waals surface area contributed by atoms with Gasteiger partial charge in [0.05, 0.1) is 39.5 Å². The first-order chi connectivity index (χ1) is 35.2. The molecule has 13 nitrogen and oxygen atoms in total. The summed E-state index contributed by atoms with van der Waals surface area (Å²) in [6, 6.07) is 23.7. The van der Waals surface area contributed by atoms with Crippen LogP contribution < -0.4 is 0 Å². The van der Waals surface area contributed by atoms with Crippen LogP contribution in [0, 0.1) is 29.3 Å². The highest BCUT2D eigenvalue weighted by Crippen LogP contribution is 2.33. The average molecular weight is 1140 g/mol. The van der Waals surface area contributed by atoms with Gasteiger partial charge in [-0.1, -0.05) is 50.7 Å². The number of carboxylic acid groups (broad SMARTS) is 3. The molecule has 0 aliphatic carbocycles. The number of halogens is 7. The molecule has 1 atom stereocenters. The lowest BCUT2D eigenvalue weighted by molar-refractivity contribution is 0.00703. The number of aromatic carboxylic acids is 3. The molecule has 2 fully saturated rings. The molecule has 2 aliphatic rings. The molecule has 1 unspecified atom stereocenters. The van der Waals surface area contributed by atoms with E-state index in [-0.39, 0.29) is 49.9 Å². The Bertz CT molecular complexity index is 3120. The molecule has 6 aromatic rings. The van der Waals surface area contributed by atoms with Crippen molar-refractivity contribution in [3.05, 3.63) is 207 Å². The molecule has 0 bridgehead atoms. The molecule has 0 spiro atoms. The second-order valence-corrected chi connectivity index (χ2v) is 18.9. The second-order valence-electron chi connectivity index (χ2n) is 16.7. The largest absolute Gasteiger partial charge is 0.478 e. The zero-order chi connectivity index (χ0) is 54.0. The van der Waals surface area contributed by atoms with Crippen LogP contribution in [0.25, 0.3) is 0 Å². The summed E-state index contributed by atoms with van der Waals surface area (Å²) in [5, 5.41) is 39.8. The number of aliphatic hydroxyl groups is 1. The van der Waals surface area contributed by atoms with Crippen molar-refractivity contribution in [2.24, 2.45) is 11.8 Å². The first kappa shape index (κ1) is 56.7. The van der Waals surface area contributed by atoms with Gasteiger partial charge in [-0.2, -0.15) is 0 Å². The van der Waals surface area contributed by atoms with E-state index in [2.05, 4.69) is 15.9 Å². The fourth-order valence-electron chi connectivity index (χ4n) is 8.06. The zero-order valence-corrected chi connectivity index (χ0v) is 42.2. The van der Waals surface area contributed by atoms with Crippen LogP contribution in [-0.4, -0.2) is 87.9 Å². The Morgan fingerprint density at radius 1 is 0.486 bits per heavy atom. The van der Waals surface area contributed by atoms with E-state index in [0.29, 0.717) is 67.2 Å². The van der Waals surface area contributed by atoms with Gasteiger partial charge < -0.3 is 29.9 Å². The van der Waals surface area contributed by atoms with Crippen LogP contribution in [0.2, 0.25) is 15.1 Å². The minimum Gasteiger partial charge on any atom is -0.478 e. The SMILES string of the molecule is O=C(O)c1cc(Br)cc(F)c1C(=O)c1ccc(Cl)cc1.O=C(O)c1cc(C(=O)C2CCOCC2)cc(F)c1C(=O)c1ccc(Cl)cc1.O=C(O)c1cc(C(O)C2CCOCC2)cc(F)c1C(=O)c1ccc(Cl)cc1. The van der Waals surface area contributed by atoms with Gasteiger partial charge in [-0.05, 0) is 146 Å². The van der Waals surface area contributed by atoms with Crippen LogP contribution in [-0.2, 0) is 9.47 Å². The number of Topliss-reactive ketones (excluding diaryl/α,β-unsaturated/α-hetero) is 1. The molecule has 74 heavy (non-hydrogen) atoms. The van der Waals surface area contributed by atoms with Crippen molar-refractivity contribution in [2.45, 2.75) is 31.8 Å². The topological polar surface area (TPSA) is 219 Å². The first-order valence-electron chi connectivity index (χ1n) is 22.3. The third-order valence-corrected chi connectivity index (χ3v) is 13.1.